The second-order valence-corrected chi connectivity index (χ2v) is 9.09. The molecule has 0 saturated carbocycles. The molecule has 0 unspecified atom stereocenters. The van der Waals surface area contributed by atoms with Crippen molar-refractivity contribution in [3.05, 3.63) is 92.3 Å². The van der Waals surface area contributed by atoms with E-state index in [9.17, 15) is 14.4 Å². The van der Waals surface area contributed by atoms with Crippen LogP contribution in [0.15, 0.2) is 65.6 Å². The van der Waals surface area contributed by atoms with E-state index in [1.807, 2.05) is 13.0 Å². The number of carbonyl (C=O) groups is 3. The molecule has 0 bridgehead atoms. The maximum atomic E-state index is 12.9. The van der Waals surface area contributed by atoms with Gasteiger partial charge >= 0.3 is 5.97 Å². The Bertz CT molecular complexity index is 1350. The lowest BCUT2D eigenvalue weighted by atomic mass is 10.1. The first-order valence-electron chi connectivity index (χ1n) is 9.96. The molecule has 4 rings (SSSR count). The van der Waals surface area contributed by atoms with Gasteiger partial charge in [0.15, 0.2) is 11.5 Å². The lowest BCUT2D eigenvalue weighted by molar-refractivity contribution is -0.113. The lowest BCUT2D eigenvalue weighted by Gasteiger charge is -2.13. The summed E-state index contributed by atoms with van der Waals surface area (Å²) < 4.78 is 10.9. The lowest BCUT2D eigenvalue weighted by Crippen LogP contribution is -2.27. The Morgan fingerprint density at radius 2 is 1.76 bits per heavy atom. The number of amides is 2. The van der Waals surface area contributed by atoms with Crippen LogP contribution in [0.4, 0.5) is 10.5 Å². The molecule has 3 aromatic carbocycles. The van der Waals surface area contributed by atoms with Gasteiger partial charge in [-0.1, -0.05) is 47.0 Å². The Labute approximate surface area is 210 Å². The number of thioether (sulfide) groups is 1. The maximum Gasteiger partial charge on any atom is 0.343 e. The number of hydrogen-bond acceptors (Lipinski definition) is 6. The molecule has 1 aliphatic rings. The first kappa shape index (κ1) is 23.9. The van der Waals surface area contributed by atoms with E-state index in [-0.39, 0.29) is 15.7 Å². The summed E-state index contributed by atoms with van der Waals surface area (Å²) >= 11 is 12.8. The molecule has 0 N–H and O–H groups in total. The summed E-state index contributed by atoms with van der Waals surface area (Å²) in [6.45, 7) is 1.88. The van der Waals surface area contributed by atoms with Crippen LogP contribution in [0.5, 0.6) is 11.5 Å². The van der Waals surface area contributed by atoms with Crippen molar-refractivity contribution in [3.8, 4) is 11.5 Å². The molecule has 1 aliphatic heterocycles. The smallest absolute Gasteiger partial charge is 0.343 e. The summed E-state index contributed by atoms with van der Waals surface area (Å²) in [4.78, 5) is 39.2. The fourth-order valence-electron chi connectivity index (χ4n) is 3.25. The molecule has 34 heavy (non-hydrogen) atoms. The molecule has 0 aromatic heterocycles. The highest BCUT2D eigenvalue weighted by atomic mass is 35.5. The maximum absolute atomic E-state index is 12.9. The normalized spacial score (nSPS) is 14.6. The third-order valence-corrected chi connectivity index (χ3v) is 6.51. The molecule has 1 heterocycles. The number of aryl methyl sites for hydroxylation is 1. The summed E-state index contributed by atoms with van der Waals surface area (Å²) in [7, 11) is 1.45. The van der Waals surface area contributed by atoms with Crippen LogP contribution < -0.4 is 14.4 Å². The predicted octanol–water partition coefficient (Wildman–Crippen LogP) is 6.77. The highest BCUT2D eigenvalue weighted by Crippen LogP contribution is 2.38. The quantitative estimate of drug-likeness (QED) is 0.213. The van der Waals surface area contributed by atoms with Crippen LogP contribution in [-0.4, -0.2) is 24.2 Å². The number of hydrogen-bond donors (Lipinski definition) is 0. The van der Waals surface area contributed by atoms with Gasteiger partial charge in [-0.05, 0) is 72.8 Å². The number of carbonyl (C=O) groups excluding carboxylic acids is 3. The monoisotopic (exact) mass is 513 g/mol. The molecule has 0 atom stereocenters. The van der Waals surface area contributed by atoms with Gasteiger partial charge in [0.05, 0.1) is 33.3 Å². The van der Waals surface area contributed by atoms with Crippen molar-refractivity contribution < 1.29 is 23.9 Å². The number of rotatable bonds is 5. The molecule has 172 valence electrons. The first-order chi connectivity index (χ1) is 16.3. The van der Waals surface area contributed by atoms with Crippen molar-refractivity contribution in [1.29, 1.82) is 0 Å². The molecule has 1 fully saturated rings. The SMILES string of the molecule is COc1cc(/C=C2\SC(=O)N(c3ccc(Cl)c(Cl)c3)C2=O)ccc1OC(=O)c1cccc(C)c1. The van der Waals surface area contributed by atoms with Crippen molar-refractivity contribution in [2.24, 2.45) is 0 Å². The fourth-order valence-corrected chi connectivity index (χ4v) is 4.39. The highest BCUT2D eigenvalue weighted by Gasteiger charge is 2.36. The zero-order valence-corrected chi connectivity index (χ0v) is 20.3. The zero-order chi connectivity index (χ0) is 24.4. The first-order valence-corrected chi connectivity index (χ1v) is 11.5. The molecule has 2 amide bonds. The van der Waals surface area contributed by atoms with Crippen molar-refractivity contribution in [1.82, 2.24) is 0 Å². The summed E-state index contributed by atoms with van der Waals surface area (Å²) in [5.74, 6) is -0.465. The van der Waals surface area contributed by atoms with Gasteiger partial charge in [-0.15, -0.1) is 0 Å². The van der Waals surface area contributed by atoms with Gasteiger partial charge in [0.25, 0.3) is 11.1 Å². The largest absolute Gasteiger partial charge is 0.493 e. The van der Waals surface area contributed by atoms with Gasteiger partial charge in [0.2, 0.25) is 0 Å². The molecular weight excluding hydrogens is 497 g/mol. The average Bonchev–Trinajstić information content (AvgIpc) is 3.09. The van der Waals surface area contributed by atoms with Gasteiger partial charge in [0.1, 0.15) is 0 Å². The Morgan fingerprint density at radius 1 is 0.971 bits per heavy atom. The topological polar surface area (TPSA) is 72.9 Å². The number of halogens is 2. The minimum atomic E-state index is -0.516. The van der Waals surface area contributed by atoms with E-state index in [0.717, 1.165) is 22.2 Å². The number of methoxy groups -OCH3 is 1. The molecule has 1 saturated heterocycles. The standard InChI is InChI=1S/C25H17Cl2NO5S/c1-14-4-3-5-16(10-14)24(30)33-20-9-6-15(11-21(20)32-2)12-22-23(29)28(25(31)34-22)17-7-8-18(26)19(27)13-17/h3-13H,1-2H3/b22-12-. The van der Waals surface area contributed by atoms with E-state index in [2.05, 4.69) is 0 Å². The number of nitrogens with zero attached hydrogens (tertiary/aromatic N) is 1. The van der Waals surface area contributed by atoms with Crippen molar-refractivity contribution >= 4 is 63.8 Å². The van der Waals surface area contributed by atoms with E-state index >= 15 is 0 Å². The summed E-state index contributed by atoms with van der Waals surface area (Å²) in [6.07, 6.45) is 1.57. The molecule has 0 aliphatic carbocycles. The van der Waals surface area contributed by atoms with Gasteiger partial charge in [0, 0.05) is 0 Å². The van der Waals surface area contributed by atoms with E-state index in [1.54, 1.807) is 48.5 Å². The van der Waals surface area contributed by atoms with Crippen molar-refractivity contribution in [2.75, 3.05) is 12.0 Å². The second-order valence-electron chi connectivity index (χ2n) is 7.28. The van der Waals surface area contributed by atoms with Crippen LogP contribution in [0.25, 0.3) is 6.08 Å². The van der Waals surface area contributed by atoms with Crippen molar-refractivity contribution in [2.45, 2.75) is 6.92 Å². The average molecular weight is 514 g/mol. The number of esters is 1. The molecule has 6 nitrogen and oxygen atoms in total. The fraction of sp³-hybridized carbons (Fsp3) is 0.0800. The number of imide groups is 1. The van der Waals surface area contributed by atoms with Gasteiger partial charge in [-0.2, -0.15) is 0 Å². The molecule has 3 aromatic rings. The predicted molar refractivity (Wildman–Crippen MR) is 134 cm³/mol. The van der Waals surface area contributed by atoms with Crippen LogP contribution in [-0.2, 0) is 4.79 Å². The van der Waals surface area contributed by atoms with Gasteiger partial charge in [-0.25, -0.2) is 9.69 Å². The summed E-state index contributed by atoms with van der Waals surface area (Å²) in [6, 6.07) is 16.4. The minimum absolute atomic E-state index is 0.225. The highest BCUT2D eigenvalue weighted by molar-refractivity contribution is 8.19. The van der Waals surface area contributed by atoms with Crippen LogP contribution in [0, 0.1) is 6.92 Å². The van der Waals surface area contributed by atoms with E-state index < -0.39 is 17.1 Å². The summed E-state index contributed by atoms with van der Waals surface area (Å²) in [5.41, 5.74) is 2.27. The molecule has 0 spiro atoms. The minimum Gasteiger partial charge on any atom is -0.493 e. The number of anilines is 1. The van der Waals surface area contributed by atoms with Crippen molar-refractivity contribution in [3.63, 3.8) is 0 Å². The van der Waals surface area contributed by atoms with Crippen LogP contribution in [0.1, 0.15) is 21.5 Å². The zero-order valence-electron chi connectivity index (χ0n) is 18.0. The van der Waals surface area contributed by atoms with E-state index in [1.165, 1.54) is 19.2 Å². The van der Waals surface area contributed by atoms with E-state index in [0.29, 0.717) is 27.6 Å². The van der Waals surface area contributed by atoms with Crippen LogP contribution in [0.2, 0.25) is 10.0 Å². The molecule has 0 radical (unpaired) electrons. The molecule has 9 heteroatoms. The number of ether oxygens (including phenoxy) is 2. The second kappa shape index (κ2) is 9.93. The van der Waals surface area contributed by atoms with Crippen LogP contribution >= 0.6 is 35.0 Å². The third kappa shape index (κ3) is 4.97. The Balaban J connectivity index is 1.57. The Kier molecular flexibility index (Phi) is 6.97. The van der Waals surface area contributed by atoms with E-state index in [4.69, 9.17) is 32.7 Å². The Hall–Kier alpha value is -3.26. The summed E-state index contributed by atoms with van der Waals surface area (Å²) in [5, 5.41) is 0.108. The molecular formula is C25H17Cl2NO5S. The Morgan fingerprint density at radius 3 is 2.47 bits per heavy atom. The van der Waals surface area contributed by atoms with Gasteiger partial charge < -0.3 is 9.47 Å². The van der Waals surface area contributed by atoms with Crippen LogP contribution in [0.3, 0.4) is 0 Å². The van der Waals surface area contributed by atoms with Gasteiger partial charge in [-0.3, -0.25) is 9.59 Å². The third-order valence-electron chi connectivity index (χ3n) is 4.90. The number of benzene rings is 3.